The monoisotopic (exact) mass is 509 g/mol. The molecular formula is C25H18F3N5O2S. The quantitative estimate of drug-likeness (QED) is 0.248. The summed E-state index contributed by atoms with van der Waals surface area (Å²) >= 11 is 1.43. The van der Waals surface area contributed by atoms with Crippen molar-refractivity contribution in [3.63, 3.8) is 0 Å². The van der Waals surface area contributed by atoms with Gasteiger partial charge in [0.25, 0.3) is 0 Å². The summed E-state index contributed by atoms with van der Waals surface area (Å²) in [6.07, 6.45) is 4.09. The van der Waals surface area contributed by atoms with Gasteiger partial charge in [0.1, 0.15) is 29.3 Å². The molecule has 0 radical (unpaired) electrons. The lowest BCUT2D eigenvalue weighted by Crippen LogP contribution is -2.03. The number of nitrogens with zero attached hydrogens (tertiary/aromatic N) is 5. The smallest absolute Gasteiger partial charge is 0.416 e. The molecule has 0 aliphatic heterocycles. The lowest BCUT2D eigenvalue weighted by Gasteiger charge is -2.05. The fraction of sp³-hybridized carbons (Fsp3) is 0.120. The SMILES string of the molecule is FC(F)(F)c1ccc(C=Cc2nc(COc3ccc(-c4nc(Cn5ccnn5)co4)cc3)cs2)cc1. The molecule has 0 atom stereocenters. The zero-order chi connectivity index (χ0) is 25.0. The van der Waals surface area contributed by atoms with Crippen LogP contribution in [0.1, 0.15) is 27.5 Å². The maximum absolute atomic E-state index is 12.7. The molecule has 0 bridgehead atoms. The van der Waals surface area contributed by atoms with E-state index < -0.39 is 11.7 Å². The Bertz CT molecular complexity index is 1440. The van der Waals surface area contributed by atoms with E-state index in [-0.39, 0.29) is 6.61 Å². The molecule has 5 rings (SSSR count). The number of halogens is 3. The van der Waals surface area contributed by atoms with Crippen molar-refractivity contribution in [1.29, 1.82) is 0 Å². The number of rotatable bonds is 8. The molecule has 0 fully saturated rings. The molecule has 0 unspecified atom stereocenters. The first-order chi connectivity index (χ1) is 17.4. The van der Waals surface area contributed by atoms with Gasteiger partial charge in [-0.1, -0.05) is 23.4 Å². The van der Waals surface area contributed by atoms with Gasteiger partial charge in [0.15, 0.2) is 0 Å². The number of hydrogen-bond donors (Lipinski definition) is 0. The summed E-state index contributed by atoms with van der Waals surface area (Å²) in [7, 11) is 0. The van der Waals surface area contributed by atoms with Crippen LogP contribution < -0.4 is 4.74 Å². The van der Waals surface area contributed by atoms with Crippen LogP contribution in [-0.2, 0) is 19.3 Å². The van der Waals surface area contributed by atoms with E-state index in [1.165, 1.54) is 23.5 Å². The van der Waals surface area contributed by atoms with Crippen LogP contribution >= 0.6 is 11.3 Å². The summed E-state index contributed by atoms with van der Waals surface area (Å²) in [6.45, 7) is 0.755. The molecule has 0 N–H and O–H groups in total. The van der Waals surface area contributed by atoms with Gasteiger partial charge in [-0.3, -0.25) is 0 Å². The van der Waals surface area contributed by atoms with Crippen molar-refractivity contribution < 1.29 is 22.3 Å². The van der Waals surface area contributed by atoms with Crippen LogP contribution in [0, 0.1) is 0 Å². The van der Waals surface area contributed by atoms with Gasteiger partial charge in [-0.05, 0) is 48.0 Å². The molecule has 0 saturated carbocycles. The predicted octanol–water partition coefficient (Wildman–Crippen LogP) is 6.21. The first kappa shape index (κ1) is 23.5. The summed E-state index contributed by atoms with van der Waals surface area (Å²) in [4.78, 5) is 8.96. The Labute approximate surface area is 207 Å². The zero-order valence-electron chi connectivity index (χ0n) is 18.6. The van der Waals surface area contributed by atoms with Crippen molar-refractivity contribution in [3.05, 3.63) is 100 Å². The second-order valence-electron chi connectivity index (χ2n) is 7.69. The van der Waals surface area contributed by atoms with E-state index in [4.69, 9.17) is 9.15 Å². The van der Waals surface area contributed by atoms with E-state index in [1.807, 2.05) is 29.6 Å². The van der Waals surface area contributed by atoms with E-state index in [9.17, 15) is 13.2 Å². The van der Waals surface area contributed by atoms with Crippen molar-refractivity contribution >= 4 is 23.5 Å². The maximum atomic E-state index is 12.7. The molecule has 0 aliphatic carbocycles. The van der Waals surface area contributed by atoms with Crippen molar-refractivity contribution in [2.45, 2.75) is 19.3 Å². The van der Waals surface area contributed by atoms with Crippen LogP contribution in [-0.4, -0.2) is 25.0 Å². The summed E-state index contributed by atoms with van der Waals surface area (Å²) < 4.78 is 51.1. The van der Waals surface area contributed by atoms with Crippen molar-refractivity contribution in [3.8, 4) is 17.2 Å². The van der Waals surface area contributed by atoms with Crippen LogP contribution in [0.5, 0.6) is 5.75 Å². The van der Waals surface area contributed by atoms with Gasteiger partial charge in [-0.2, -0.15) is 13.2 Å². The minimum Gasteiger partial charge on any atom is -0.487 e. The van der Waals surface area contributed by atoms with Crippen molar-refractivity contribution in [1.82, 2.24) is 25.0 Å². The summed E-state index contributed by atoms with van der Waals surface area (Å²) in [6, 6.07) is 12.4. The molecule has 7 nitrogen and oxygen atoms in total. The lowest BCUT2D eigenvalue weighted by atomic mass is 10.1. The number of hydrogen-bond acceptors (Lipinski definition) is 7. The summed E-state index contributed by atoms with van der Waals surface area (Å²) in [5.41, 5.74) is 2.29. The standard InChI is InChI=1S/C25H18F3N5O2S/c26-25(27,28)19-6-1-17(2-7-19)3-10-23-30-21(16-36-23)15-34-22-8-4-18(5-9-22)24-31-20(14-35-24)13-33-12-11-29-32-33/h1-12,14,16H,13,15H2. The molecule has 36 heavy (non-hydrogen) atoms. The molecule has 0 amide bonds. The molecular weight excluding hydrogens is 491 g/mol. The Kier molecular flexibility index (Phi) is 6.63. The third kappa shape index (κ3) is 5.87. The molecule has 5 aromatic rings. The minimum absolute atomic E-state index is 0.283. The van der Waals surface area contributed by atoms with E-state index in [1.54, 1.807) is 35.5 Å². The van der Waals surface area contributed by atoms with Crippen molar-refractivity contribution in [2.24, 2.45) is 0 Å². The Morgan fingerprint density at radius 2 is 1.78 bits per heavy atom. The Hall–Kier alpha value is -4.25. The van der Waals surface area contributed by atoms with Crippen LogP contribution in [0.3, 0.4) is 0 Å². The summed E-state index contributed by atoms with van der Waals surface area (Å²) in [5.74, 6) is 1.17. The number of aromatic nitrogens is 5. The largest absolute Gasteiger partial charge is 0.487 e. The molecule has 0 aliphatic rings. The predicted molar refractivity (Wildman–Crippen MR) is 128 cm³/mol. The Morgan fingerprint density at radius 3 is 2.50 bits per heavy atom. The highest BCUT2D eigenvalue weighted by molar-refractivity contribution is 7.10. The molecule has 0 spiro atoms. The number of alkyl halides is 3. The molecule has 182 valence electrons. The van der Waals surface area contributed by atoms with E-state index >= 15 is 0 Å². The zero-order valence-corrected chi connectivity index (χ0v) is 19.4. The maximum Gasteiger partial charge on any atom is 0.416 e. The van der Waals surface area contributed by atoms with E-state index in [2.05, 4.69) is 20.3 Å². The third-order valence-corrected chi connectivity index (χ3v) is 5.92. The van der Waals surface area contributed by atoms with Gasteiger partial charge in [-0.15, -0.1) is 16.4 Å². The topological polar surface area (TPSA) is 78.9 Å². The van der Waals surface area contributed by atoms with Gasteiger partial charge < -0.3 is 9.15 Å². The third-order valence-electron chi connectivity index (χ3n) is 5.06. The van der Waals surface area contributed by atoms with Crippen LogP contribution in [0.4, 0.5) is 13.2 Å². The van der Waals surface area contributed by atoms with Gasteiger partial charge in [0.05, 0.1) is 24.0 Å². The average molecular weight is 510 g/mol. The number of oxazole rings is 1. The number of thiazole rings is 1. The molecule has 3 heterocycles. The van der Waals surface area contributed by atoms with Gasteiger partial charge >= 0.3 is 6.18 Å². The minimum atomic E-state index is -4.34. The fourth-order valence-corrected chi connectivity index (χ4v) is 3.96. The number of ether oxygens (including phenoxy) is 1. The van der Waals surface area contributed by atoms with Gasteiger partial charge in [0.2, 0.25) is 5.89 Å². The lowest BCUT2D eigenvalue weighted by molar-refractivity contribution is -0.137. The fourth-order valence-electron chi connectivity index (χ4n) is 3.26. The first-order valence-electron chi connectivity index (χ1n) is 10.7. The highest BCUT2D eigenvalue weighted by Crippen LogP contribution is 2.29. The second kappa shape index (κ2) is 10.2. The summed E-state index contributed by atoms with van der Waals surface area (Å²) in [5, 5.41) is 10.3. The van der Waals surface area contributed by atoms with Gasteiger partial charge in [0, 0.05) is 17.1 Å². The molecule has 2 aromatic carbocycles. The Balaban J connectivity index is 1.14. The molecule has 3 aromatic heterocycles. The van der Waals surface area contributed by atoms with Crippen LogP contribution in [0.2, 0.25) is 0 Å². The van der Waals surface area contributed by atoms with E-state index in [0.717, 1.165) is 34.1 Å². The van der Waals surface area contributed by atoms with Crippen LogP contribution in [0.25, 0.3) is 23.6 Å². The van der Waals surface area contributed by atoms with Crippen molar-refractivity contribution in [2.75, 3.05) is 0 Å². The highest BCUT2D eigenvalue weighted by Gasteiger charge is 2.29. The Morgan fingerprint density at radius 1 is 0.972 bits per heavy atom. The van der Waals surface area contributed by atoms with Crippen LogP contribution in [0.15, 0.2) is 77.0 Å². The highest BCUT2D eigenvalue weighted by atomic mass is 32.1. The van der Waals surface area contributed by atoms with E-state index in [0.29, 0.717) is 23.7 Å². The second-order valence-corrected chi connectivity index (χ2v) is 8.58. The van der Waals surface area contributed by atoms with Gasteiger partial charge in [-0.25, -0.2) is 14.6 Å². The molecule has 0 saturated heterocycles. The number of benzene rings is 2. The molecule has 11 heteroatoms. The first-order valence-corrected chi connectivity index (χ1v) is 11.6. The average Bonchev–Trinajstić information content (AvgIpc) is 3.65. The normalized spacial score (nSPS) is 11.9.